The smallest absolute Gasteiger partial charge is 0.426 e. The largest absolute Gasteiger partial charge is 0.443 e. The van der Waals surface area contributed by atoms with Crippen LogP contribution in [0.5, 0.6) is 0 Å². The fourth-order valence-corrected chi connectivity index (χ4v) is 1.24. The minimum Gasteiger partial charge on any atom is -0.443 e. The predicted octanol–water partition coefficient (Wildman–Crippen LogP) is 1.84. The molecule has 108 valence electrons. The maximum Gasteiger partial charge on any atom is 0.426 e. The van der Waals surface area contributed by atoms with Crippen LogP contribution < -0.4 is 10.9 Å². The molecule has 0 saturated carbocycles. The van der Waals surface area contributed by atoms with Crippen LogP contribution >= 0.6 is 0 Å². The summed E-state index contributed by atoms with van der Waals surface area (Å²) in [4.78, 5) is 21.7. The van der Waals surface area contributed by atoms with Gasteiger partial charge in [0.1, 0.15) is 11.4 Å². The third kappa shape index (κ3) is 4.92. The summed E-state index contributed by atoms with van der Waals surface area (Å²) in [6, 6.07) is 5.57. The minimum atomic E-state index is -0.708. The molecular formula is C12H17N4O4+. The summed E-state index contributed by atoms with van der Waals surface area (Å²) < 4.78 is 4.98. The number of hydrogen-bond acceptors (Lipinski definition) is 4. The lowest BCUT2D eigenvalue weighted by Gasteiger charge is -2.20. The summed E-state index contributed by atoms with van der Waals surface area (Å²) >= 11 is 0. The van der Waals surface area contributed by atoms with Crippen molar-refractivity contribution in [2.75, 3.05) is 0 Å². The fourth-order valence-electron chi connectivity index (χ4n) is 1.24. The first kappa shape index (κ1) is 15.4. The van der Waals surface area contributed by atoms with Gasteiger partial charge in [-0.2, -0.15) is 0 Å². The molecule has 0 fully saturated rings. The molecule has 0 aliphatic carbocycles. The second-order valence-corrected chi connectivity index (χ2v) is 4.95. The van der Waals surface area contributed by atoms with Gasteiger partial charge in [0.05, 0.1) is 4.91 Å². The minimum absolute atomic E-state index is 0.0432. The fraction of sp³-hybridized carbons (Fsp3) is 0.333. The summed E-state index contributed by atoms with van der Waals surface area (Å²) in [6.45, 7) is 5.17. The molecule has 0 aliphatic rings. The van der Waals surface area contributed by atoms with Gasteiger partial charge in [-0.3, -0.25) is 10.8 Å². The number of amides is 1. The zero-order valence-electron chi connectivity index (χ0n) is 11.4. The number of nitrogens with zero attached hydrogens (tertiary/aromatic N) is 1. The number of carbonyl (C=O) groups is 1. The Kier molecular flexibility index (Phi) is 4.63. The Morgan fingerprint density at radius 1 is 1.25 bits per heavy atom. The highest BCUT2D eigenvalue weighted by Gasteiger charge is 2.16. The summed E-state index contributed by atoms with van der Waals surface area (Å²) in [7, 11) is 0. The maximum atomic E-state index is 11.4. The summed E-state index contributed by atoms with van der Waals surface area (Å²) in [5, 5.41) is 16.4. The predicted molar refractivity (Wildman–Crippen MR) is 70.9 cm³/mol. The van der Waals surface area contributed by atoms with Crippen LogP contribution in [0.15, 0.2) is 24.3 Å². The van der Waals surface area contributed by atoms with Crippen molar-refractivity contribution >= 4 is 17.6 Å². The zero-order valence-corrected chi connectivity index (χ0v) is 11.4. The highest BCUT2D eigenvalue weighted by Crippen LogP contribution is 2.11. The molecule has 0 aliphatic heterocycles. The van der Waals surface area contributed by atoms with Crippen molar-refractivity contribution in [3.8, 4) is 0 Å². The molecule has 0 radical (unpaired) electrons. The van der Waals surface area contributed by atoms with Gasteiger partial charge in [0, 0.05) is 17.7 Å². The van der Waals surface area contributed by atoms with Crippen LogP contribution in [-0.4, -0.2) is 27.7 Å². The zero-order chi connectivity index (χ0) is 15.3. The molecular weight excluding hydrogens is 264 g/mol. The third-order valence-electron chi connectivity index (χ3n) is 2.07. The van der Waals surface area contributed by atoms with E-state index in [0.29, 0.717) is 5.56 Å². The number of hydrogen-bond donors (Lipinski definition) is 4. The quantitative estimate of drug-likeness (QED) is 0.375. The van der Waals surface area contributed by atoms with Crippen molar-refractivity contribution < 1.29 is 19.7 Å². The summed E-state index contributed by atoms with van der Waals surface area (Å²) in [6.07, 6.45) is -0.708. The lowest BCUT2D eigenvalue weighted by atomic mass is 10.2. The van der Waals surface area contributed by atoms with E-state index >= 15 is 0 Å². The number of rotatable bonds is 2. The summed E-state index contributed by atoms with van der Waals surface area (Å²) in [5.41, 5.74) is 4.43. The Hall–Kier alpha value is -2.64. The van der Waals surface area contributed by atoms with Crippen molar-refractivity contribution in [2.24, 2.45) is 0 Å². The average molecular weight is 281 g/mol. The molecule has 0 aromatic heterocycles. The lowest BCUT2D eigenvalue weighted by molar-refractivity contribution is -0.729. The van der Waals surface area contributed by atoms with Crippen LogP contribution in [0.3, 0.4) is 0 Å². The first-order valence-electron chi connectivity index (χ1n) is 5.79. The monoisotopic (exact) mass is 281 g/mol. The van der Waals surface area contributed by atoms with E-state index in [1.165, 1.54) is 24.3 Å². The first-order chi connectivity index (χ1) is 9.19. The number of benzene rings is 1. The molecule has 0 atom stereocenters. The van der Waals surface area contributed by atoms with Crippen molar-refractivity contribution in [3.63, 3.8) is 0 Å². The van der Waals surface area contributed by atoms with Crippen LogP contribution in [0.1, 0.15) is 26.3 Å². The Bertz CT molecular complexity index is 519. The van der Waals surface area contributed by atoms with Crippen LogP contribution in [0, 0.1) is 10.3 Å². The van der Waals surface area contributed by atoms with Gasteiger partial charge in [-0.05, 0) is 32.9 Å². The van der Waals surface area contributed by atoms with E-state index in [-0.39, 0.29) is 16.4 Å². The molecule has 8 heteroatoms. The van der Waals surface area contributed by atoms with E-state index in [1.54, 1.807) is 20.8 Å². The van der Waals surface area contributed by atoms with E-state index in [1.807, 2.05) is 0 Å². The number of hydrazine groups is 1. The molecule has 1 aromatic rings. The number of amidine groups is 1. The molecule has 0 bridgehead atoms. The Morgan fingerprint density at radius 2 is 1.80 bits per heavy atom. The van der Waals surface area contributed by atoms with Gasteiger partial charge in [0.15, 0.2) is 0 Å². The summed E-state index contributed by atoms with van der Waals surface area (Å²) in [5.74, 6) is -0.0854. The van der Waals surface area contributed by atoms with E-state index in [4.69, 9.17) is 15.4 Å². The van der Waals surface area contributed by atoms with Crippen molar-refractivity contribution in [2.45, 2.75) is 26.4 Å². The van der Waals surface area contributed by atoms with Crippen molar-refractivity contribution in [1.82, 2.24) is 10.9 Å². The van der Waals surface area contributed by atoms with Crippen LogP contribution in [0.25, 0.3) is 0 Å². The van der Waals surface area contributed by atoms with Gasteiger partial charge >= 0.3 is 11.8 Å². The standard InChI is InChI=1S/C12H16N4O4/c1-12(2,3)20-11(17)15-14-10(13)8-4-6-9(7-5-8)16(18)19/h4-7H,1-3H3,(H3-,13,14,15,17,18,19)/p+1. The maximum absolute atomic E-state index is 11.4. The molecule has 1 rings (SSSR count). The molecule has 8 nitrogen and oxygen atoms in total. The van der Waals surface area contributed by atoms with E-state index < -0.39 is 11.7 Å². The first-order valence-corrected chi connectivity index (χ1v) is 5.79. The molecule has 4 N–H and O–H groups in total. The van der Waals surface area contributed by atoms with Gasteiger partial charge in [0.2, 0.25) is 0 Å². The van der Waals surface area contributed by atoms with Crippen LogP contribution in [0.4, 0.5) is 10.5 Å². The third-order valence-corrected chi connectivity index (χ3v) is 2.07. The molecule has 1 amide bonds. The highest BCUT2D eigenvalue weighted by atomic mass is 16.6. The van der Waals surface area contributed by atoms with E-state index in [9.17, 15) is 9.70 Å². The van der Waals surface area contributed by atoms with Gasteiger partial charge in [0.25, 0.3) is 4.92 Å². The van der Waals surface area contributed by atoms with Crippen molar-refractivity contribution in [3.05, 3.63) is 34.7 Å². The van der Waals surface area contributed by atoms with E-state index in [2.05, 4.69) is 10.9 Å². The molecule has 0 unspecified atom stereocenters. The van der Waals surface area contributed by atoms with Gasteiger partial charge < -0.3 is 4.74 Å². The highest BCUT2D eigenvalue weighted by molar-refractivity contribution is 5.97. The van der Waals surface area contributed by atoms with Gasteiger partial charge in [-0.15, -0.1) is 0 Å². The molecule has 0 saturated heterocycles. The number of nitrogens with one attached hydrogen (secondary N) is 3. The SMILES string of the molecule is CC(C)(C)OC(=O)NNC(=N)c1ccc([N+](=O)O)cc1. The number of ether oxygens (including phenoxy) is 1. The number of carbonyl (C=O) groups excluding carboxylic acids is 1. The van der Waals surface area contributed by atoms with Crippen LogP contribution in [0.2, 0.25) is 0 Å². The molecule has 0 spiro atoms. The second kappa shape index (κ2) is 6.00. The Balaban J connectivity index is 2.55. The average Bonchev–Trinajstić information content (AvgIpc) is 2.34. The lowest BCUT2D eigenvalue weighted by Crippen LogP contribution is -2.44. The van der Waals surface area contributed by atoms with Crippen LogP contribution in [-0.2, 0) is 4.74 Å². The van der Waals surface area contributed by atoms with Gasteiger partial charge in [-0.1, -0.05) is 0 Å². The topological polar surface area (TPSA) is 115 Å². The van der Waals surface area contributed by atoms with Crippen molar-refractivity contribution in [1.29, 1.82) is 5.41 Å². The molecule has 0 heterocycles. The molecule has 20 heavy (non-hydrogen) atoms. The van der Waals surface area contributed by atoms with E-state index in [0.717, 1.165) is 0 Å². The Morgan fingerprint density at radius 3 is 2.25 bits per heavy atom. The van der Waals surface area contributed by atoms with Gasteiger partial charge in [-0.25, -0.2) is 15.4 Å². The second-order valence-electron chi connectivity index (χ2n) is 4.95. The Labute approximate surface area is 115 Å². The molecule has 1 aromatic carbocycles. The normalized spacial score (nSPS) is 10.6.